The molecule has 2 aliphatic rings. The van der Waals surface area contributed by atoms with Gasteiger partial charge in [0.05, 0.1) is 16.8 Å². The predicted octanol–water partition coefficient (Wildman–Crippen LogP) is 3.66. The minimum Gasteiger partial charge on any atom is -0.341 e. The highest BCUT2D eigenvalue weighted by atomic mass is 35.5. The Balaban J connectivity index is 1.67. The number of likely N-dealkylation sites (tertiary alicyclic amines) is 2. The first kappa shape index (κ1) is 17.1. The minimum atomic E-state index is -0.128. The molecule has 24 heavy (non-hydrogen) atoms. The van der Waals surface area contributed by atoms with Crippen LogP contribution >= 0.6 is 11.6 Å². The van der Waals surface area contributed by atoms with Crippen LogP contribution in [0.4, 0.5) is 10.5 Å². The normalized spacial score (nSPS) is 21.2. The van der Waals surface area contributed by atoms with E-state index in [0.717, 1.165) is 44.3 Å². The van der Waals surface area contributed by atoms with E-state index in [1.165, 1.54) is 0 Å². The maximum Gasteiger partial charge on any atom is 0.322 e. The second-order valence-corrected chi connectivity index (χ2v) is 7.11. The number of anilines is 1. The number of rotatable bonds is 3. The molecular weight excluding hydrogens is 326 g/mol. The Kier molecular flexibility index (Phi) is 5.29. The van der Waals surface area contributed by atoms with E-state index in [1.54, 1.807) is 0 Å². The van der Waals surface area contributed by atoms with Crippen molar-refractivity contribution in [2.45, 2.75) is 45.1 Å². The van der Waals surface area contributed by atoms with Crippen molar-refractivity contribution in [3.8, 4) is 0 Å². The molecule has 1 atom stereocenters. The van der Waals surface area contributed by atoms with Crippen molar-refractivity contribution in [1.82, 2.24) is 9.80 Å². The number of halogens is 1. The molecule has 2 heterocycles. The summed E-state index contributed by atoms with van der Waals surface area (Å²) >= 11 is 6.22. The molecule has 5 nitrogen and oxygen atoms in total. The van der Waals surface area contributed by atoms with Crippen LogP contribution in [-0.4, -0.2) is 47.4 Å². The third kappa shape index (κ3) is 3.83. The van der Waals surface area contributed by atoms with E-state index in [2.05, 4.69) is 5.32 Å². The number of piperidine rings is 1. The third-order valence-electron chi connectivity index (χ3n) is 4.86. The number of carbonyl (C=O) groups excluding carboxylic acids is 2. The van der Waals surface area contributed by atoms with Crippen LogP contribution in [-0.2, 0) is 4.79 Å². The molecule has 1 aromatic carbocycles. The number of urea groups is 1. The Labute approximate surface area is 147 Å². The zero-order chi connectivity index (χ0) is 17.1. The van der Waals surface area contributed by atoms with Gasteiger partial charge in [-0.1, -0.05) is 17.7 Å². The van der Waals surface area contributed by atoms with Crippen LogP contribution in [0.3, 0.4) is 0 Å². The van der Waals surface area contributed by atoms with E-state index in [9.17, 15) is 9.59 Å². The highest BCUT2D eigenvalue weighted by molar-refractivity contribution is 6.33. The van der Waals surface area contributed by atoms with Crippen LogP contribution in [0.2, 0.25) is 5.02 Å². The molecule has 3 rings (SSSR count). The number of carbonyl (C=O) groups is 2. The lowest BCUT2D eigenvalue weighted by atomic mass is 10.0. The van der Waals surface area contributed by atoms with E-state index in [1.807, 2.05) is 34.9 Å². The first-order valence-corrected chi connectivity index (χ1v) is 9.04. The highest BCUT2D eigenvalue weighted by Crippen LogP contribution is 2.25. The molecule has 2 saturated heterocycles. The fourth-order valence-electron chi connectivity index (χ4n) is 3.52. The van der Waals surface area contributed by atoms with Crippen molar-refractivity contribution in [1.29, 1.82) is 0 Å². The first-order valence-electron chi connectivity index (χ1n) is 8.66. The number of amides is 3. The lowest BCUT2D eigenvalue weighted by Crippen LogP contribution is -2.51. The van der Waals surface area contributed by atoms with Gasteiger partial charge in [-0.05, 0) is 50.3 Å². The van der Waals surface area contributed by atoms with Crippen molar-refractivity contribution < 1.29 is 9.59 Å². The topological polar surface area (TPSA) is 52.7 Å². The smallest absolute Gasteiger partial charge is 0.322 e. The van der Waals surface area contributed by atoms with Crippen molar-refractivity contribution in [2.24, 2.45) is 0 Å². The lowest BCUT2D eigenvalue weighted by molar-refractivity contribution is -0.128. The molecule has 0 bridgehead atoms. The van der Waals surface area contributed by atoms with E-state index in [4.69, 9.17) is 11.6 Å². The Hall–Kier alpha value is -1.75. The average Bonchev–Trinajstić information content (AvgIpc) is 2.95. The highest BCUT2D eigenvalue weighted by Gasteiger charge is 2.31. The summed E-state index contributed by atoms with van der Waals surface area (Å²) in [5.41, 5.74) is 1.69. The molecule has 6 heteroatoms. The first-order chi connectivity index (χ1) is 11.5. The fourth-order valence-corrected chi connectivity index (χ4v) is 3.80. The van der Waals surface area contributed by atoms with Gasteiger partial charge in [-0.2, -0.15) is 0 Å². The minimum absolute atomic E-state index is 0.0880. The summed E-state index contributed by atoms with van der Waals surface area (Å²) < 4.78 is 0. The van der Waals surface area contributed by atoms with E-state index in [0.29, 0.717) is 23.7 Å². The summed E-state index contributed by atoms with van der Waals surface area (Å²) in [5, 5.41) is 3.47. The molecule has 0 aromatic heterocycles. The molecule has 1 N–H and O–H groups in total. The maximum atomic E-state index is 12.7. The Morgan fingerprint density at radius 2 is 2.12 bits per heavy atom. The van der Waals surface area contributed by atoms with Gasteiger partial charge in [0.2, 0.25) is 5.91 Å². The van der Waals surface area contributed by atoms with E-state index in [-0.39, 0.29) is 18.0 Å². The predicted molar refractivity (Wildman–Crippen MR) is 95.4 cm³/mol. The van der Waals surface area contributed by atoms with E-state index < -0.39 is 0 Å². The van der Waals surface area contributed by atoms with Crippen molar-refractivity contribution in [2.75, 3.05) is 25.0 Å². The van der Waals surface area contributed by atoms with Crippen molar-refractivity contribution >= 4 is 29.2 Å². The average molecular weight is 350 g/mol. The van der Waals surface area contributed by atoms with Gasteiger partial charge >= 0.3 is 6.03 Å². The molecule has 0 saturated carbocycles. The largest absolute Gasteiger partial charge is 0.341 e. The summed E-state index contributed by atoms with van der Waals surface area (Å²) in [6, 6.07) is 5.56. The molecular formula is C18H24ClN3O2. The van der Waals surface area contributed by atoms with Crippen LogP contribution in [0.15, 0.2) is 18.2 Å². The maximum absolute atomic E-state index is 12.7. The standard InChI is InChI=1S/C18H24ClN3O2/c1-13-7-8-16(15(19)11-13)20-18(24)22-10-3-2-5-14(22)12-21-9-4-6-17(21)23/h7-8,11,14H,2-6,9-10,12H2,1H3,(H,20,24)/t14-/m0/s1. The fraction of sp³-hybridized carbons (Fsp3) is 0.556. The SMILES string of the molecule is Cc1ccc(NC(=O)N2CCCC[C@H]2CN2CCCC2=O)c(Cl)c1. The van der Waals surface area contributed by atoms with Gasteiger partial charge in [-0.15, -0.1) is 0 Å². The van der Waals surface area contributed by atoms with Gasteiger partial charge in [0.25, 0.3) is 0 Å². The number of benzene rings is 1. The number of hydrogen-bond acceptors (Lipinski definition) is 2. The van der Waals surface area contributed by atoms with Gasteiger partial charge in [-0.25, -0.2) is 4.79 Å². The van der Waals surface area contributed by atoms with Gasteiger partial charge in [-0.3, -0.25) is 4.79 Å². The van der Waals surface area contributed by atoms with Crippen molar-refractivity contribution in [3.63, 3.8) is 0 Å². The summed E-state index contributed by atoms with van der Waals surface area (Å²) in [7, 11) is 0. The Bertz CT molecular complexity index is 635. The number of aryl methyl sites for hydroxylation is 1. The van der Waals surface area contributed by atoms with E-state index >= 15 is 0 Å². The number of nitrogens with zero attached hydrogens (tertiary/aromatic N) is 2. The molecule has 0 unspecified atom stereocenters. The quantitative estimate of drug-likeness (QED) is 0.905. The van der Waals surface area contributed by atoms with Crippen LogP contribution in [0.1, 0.15) is 37.7 Å². The second kappa shape index (κ2) is 7.43. The van der Waals surface area contributed by atoms with Crippen LogP contribution < -0.4 is 5.32 Å². The Morgan fingerprint density at radius 3 is 2.83 bits per heavy atom. The zero-order valence-corrected chi connectivity index (χ0v) is 14.8. The van der Waals surface area contributed by atoms with Gasteiger partial charge in [0.1, 0.15) is 0 Å². The van der Waals surface area contributed by atoms with Crippen LogP contribution in [0, 0.1) is 6.92 Å². The molecule has 0 radical (unpaired) electrons. The molecule has 0 aliphatic carbocycles. The summed E-state index contributed by atoms with van der Waals surface area (Å²) in [4.78, 5) is 28.4. The van der Waals surface area contributed by atoms with Crippen LogP contribution in [0.5, 0.6) is 0 Å². The van der Waals surface area contributed by atoms with Crippen molar-refractivity contribution in [3.05, 3.63) is 28.8 Å². The molecule has 0 spiro atoms. The lowest BCUT2D eigenvalue weighted by Gasteiger charge is -2.37. The molecule has 3 amide bonds. The molecule has 2 aliphatic heterocycles. The molecule has 130 valence electrons. The van der Waals surface area contributed by atoms with Gasteiger partial charge in [0, 0.05) is 26.1 Å². The second-order valence-electron chi connectivity index (χ2n) is 6.70. The Morgan fingerprint density at radius 1 is 1.29 bits per heavy atom. The number of hydrogen-bond donors (Lipinski definition) is 1. The summed E-state index contributed by atoms with van der Waals surface area (Å²) in [6.07, 6.45) is 4.61. The summed E-state index contributed by atoms with van der Waals surface area (Å²) in [6.45, 7) is 4.15. The summed E-state index contributed by atoms with van der Waals surface area (Å²) in [5.74, 6) is 0.211. The van der Waals surface area contributed by atoms with Gasteiger partial charge < -0.3 is 15.1 Å². The number of nitrogens with one attached hydrogen (secondary N) is 1. The molecule has 2 fully saturated rings. The monoisotopic (exact) mass is 349 g/mol. The third-order valence-corrected chi connectivity index (χ3v) is 5.17. The van der Waals surface area contributed by atoms with Gasteiger partial charge in [0.15, 0.2) is 0 Å². The zero-order valence-electron chi connectivity index (χ0n) is 14.1. The van der Waals surface area contributed by atoms with Crippen LogP contribution in [0.25, 0.3) is 0 Å². The molecule has 1 aromatic rings.